The first-order valence-electron chi connectivity index (χ1n) is 12.0. The van der Waals surface area contributed by atoms with E-state index >= 15 is 4.39 Å². The summed E-state index contributed by atoms with van der Waals surface area (Å²) in [6.45, 7) is 5.85. The van der Waals surface area contributed by atoms with Crippen LogP contribution >= 0.6 is 8.18 Å². The molecule has 1 aliphatic rings. The van der Waals surface area contributed by atoms with Crippen LogP contribution in [0.5, 0.6) is 5.75 Å². The summed E-state index contributed by atoms with van der Waals surface area (Å²) >= 11 is 0. The number of aliphatic hydroxyl groups excluding tert-OH is 1. The molecule has 206 valence electrons. The van der Waals surface area contributed by atoms with Crippen molar-refractivity contribution in [1.82, 2.24) is 19.2 Å². The molecule has 0 radical (unpaired) electrons. The van der Waals surface area contributed by atoms with E-state index in [0.717, 1.165) is 4.83 Å². The van der Waals surface area contributed by atoms with Crippen molar-refractivity contribution in [3.8, 4) is 5.75 Å². The quantitative estimate of drug-likeness (QED) is 0.217. The van der Waals surface area contributed by atoms with Gasteiger partial charge in [-0.2, -0.15) is 0 Å². The second-order valence-corrected chi connectivity index (χ2v) is 10.5. The van der Waals surface area contributed by atoms with Gasteiger partial charge in [-0.3, -0.25) is 18.6 Å². The fourth-order valence-corrected chi connectivity index (χ4v) is 5.10. The van der Waals surface area contributed by atoms with Gasteiger partial charge in [0.25, 0.3) is 0 Å². The summed E-state index contributed by atoms with van der Waals surface area (Å²) in [5.74, 6) is -0.249. The van der Waals surface area contributed by atoms with Crippen LogP contribution < -0.4 is 10.3 Å². The standard InChI is InChI=1S/C24H31FN5O7P/c1-14(2)35-22(32)15(3)30(38(33)37-17-8-6-5-7-9-17)34-12-18-20(31)21(25)24(4,36-18)16-10-19-27-13-28-23(26)29(19)11-16/h5-11,13-15,18,20-21,31,38H,12H2,1-4H3,(H2,26,27,28)/t15?,18-,20-,21-,24+/m1/s1. The first kappa shape index (κ1) is 27.9. The van der Waals surface area contributed by atoms with Crippen LogP contribution in [0.4, 0.5) is 10.3 Å². The molecule has 4 rings (SSSR count). The predicted octanol–water partition coefficient (Wildman–Crippen LogP) is 2.67. The second kappa shape index (κ2) is 11.3. The van der Waals surface area contributed by atoms with Crippen LogP contribution in [0.3, 0.4) is 0 Å². The van der Waals surface area contributed by atoms with E-state index in [1.807, 2.05) is 0 Å². The summed E-state index contributed by atoms with van der Waals surface area (Å²) in [5.41, 5.74) is 5.11. The van der Waals surface area contributed by atoms with Crippen molar-refractivity contribution in [1.29, 1.82) is 0 Å². The van der Waals surface area contributed by atoms with E-state index in [1.165, 1.54) is 30.8 Å². The molecular weight excluding hydrogens is 520 g/mol. The van der Waals surface area contributed by atoms with Crippen LogP contribution in [0.1, 0.15) is 33.3 Å². The van der Waals surface area contributed by atoms with Gasteiger partial charge >= 0.3 is 14.1 Å². The van der Waals surface area contributed by atoms with Crippen molar-refractivity contribution >= 4 is 25.7 Å². The highest BCUT2D eigenvalue weighted by molar-refractivity contribution is 7.36. The van der Waals surface area contributed by atoms with E-state index in [0.29, 0.717) is 17.0 Å². The Bertz CT molecular complexity index is 1300. The molecule has 6 atom stereocenters. The molecule has 2 aromatic heterocycles. The van der Waals surface area contributed by atoms with Crippen molar-refractivity contribution in [2.24, 2.45) is 0 Å². The van der Waals surface area contributed by atoms with E-state index in [4.69, 9.17) is 24.6 Å². The Morgan fingerprint density at radius 2 is 2.03 bits per heavy atom. The number of rotatable bonds is 10. The maximum atomic E-state index is 15.5. The highest BCUT2D eigenvalue weighted by Gasteiger charge is 2.54. The van der Waals surface area contributed by atoms with E-state index in [2.05, 4.69) is 9.97 Å². The maximum absolute atomic E-state index is 15.5. The van der Waals surface area contributed by atoms with Crippen LogP contribution in [-0.4, -0.2) is 67.4 Å². The first-order valence-corrected chi connectivity index (χ1v) is 13.3. The van der Waals surface area contributed by atoms with Gasteiger partial charge in [0.1, 0.15) is 41.6 Å². The molecule has 3 N–H and O–H groups in total. The Morgan fingerprint density at radius 1 is 1.32 bits per heavy atom. The summed E-state index contributed by atoms with van der Waals surface area (Å²) in [5, 5.41) is 10.7. The molecule has 2 unspecified atom stereocenters. The predicted molar refractivity (Wildman–Crippen MR) is 135 cm³/mol. The van der Waals surface area contributed by atoms with Gasteiger partial charge in [0, 0.05) is 11.8 Å². The van der Waals surface area contributed by atoms with E-state index < -0.39 is 56.9 Å². The number of fused-ring (bicyclic) bond motifs is 1. The lowest BCUT2D eigenvalue weighted by Crippen LogP contribution is -2.40. The Kier molecular flexibility index (Phi) is 8.34. The number of aromatic nitrogens is 3. The van der Waals surface area contributed by atoms with Crippen molar-refractivity contribution in [3.05, 3.63) is 54.5 Å². The number of nitrogen functional groups attached to an aromatic ring is 1. The summed E-state index contributed by atoms with van der Waals surface area (Å²) in [7, 11) is -3.19. The SMILES string of the molecule is CC(C)OC(=O)C(C)N(OC[C@H]1O[C@@](C)(c2cc3ncnc(N)n3c2)[C@H](F)[C@@H]1O)[PH](=O)Oc1ccccc1. The van der Waals surface area contributed by atoms with Gasteiger partial charge < -0.3 is 24.8 Å². The van der Waals surface area contributed by atoms with Crippen molar-refractivity contribution in [2.75, 3.05) is 12.3 Å². The largest absolute Gasteiger partial charge is 0.462 e. The number of para-hydroxylation sites is 1. The number of esters is 1. The summed E-state index contributed by atoms with van der Waals surface area (Å²) in [4.78, 5) is 27.2. The molecule has 1 aliphatic heterocycles. The Balaban J connectivity index is 1.52. The number of hydrogen-bond acceptors (Lipinski definition) is 10. The molecule has 14 heteroatoms. The van der Waals surface area contributed by atoms with E-state index in [9.17, 15) is 14.5 Å². The summed E-state index contributed by atoms with van der Waals surface area (Å²) in [6.07, 6.45) is -2.22. The number of hydrogen-bond donors (Lipinski definition) is 2. The highest BCUT2D eigenvalue weighted by Crippen LogP contribution is 2.43. The zero-order valence-corrected chi connectivity index (χ0v) is 22.4. The number of halogens is 1. The molecule has 0 bridgehead atoms. The summed E-state index contributed by atoms with van der Waals surface area (Å²) < 4.78 is 46.7. The number of nitrogens with two attached hydrogens (primary N) is 1. The fraction of sp³-hybridized carbons (Fsp3) is 0.458. The van der Waals surface area contributed by atoms with Crippen molar-refractivity contribution < 1.29 is 37.7 Å². The number of carbonyl (C=O) groups is 1. The first-order chi connectivity index (χ1) is 18.0. The third kappa shape index (κ3) is 5.67. The van der Waals surface area contributed by atoms with Crippen LogP contribution in [-0.2, 0) is 29.3 Å². The minimum Gasteiger partial charge on any atom is -0.462 e. The average molecular weight is 552 g/mol. The van der Waals surface area contributed by atoms with Gasteiger partial charge in [0.05, 0.1) is 12.7 Å². The monoisotopic (exact) mass is 551 g/mol. The van der Waals surface area contributed by atoms with Gasteiger partial charge in [-0.05, 0) is 45.9 Å². The molecule has 1 aromatic carbocycles. The van der Waals surface area contributed by atoms with Crippen LogP contribution in [0.25, 0.3) is 5.65 Å². The van der Waals surface area contributed by atoms with Crippen LogP contribution in [0, 0.1) is 0 Å². The number of ether oxygens (including phenoxy) is 2. The minimum atomic E-state index is -3.19. The Hall–Kier alpha value is -3.09. The number of nitrogens with zero attached hydrogens (tertiary/aromatic N) is 4. The number of alkyl halides is 1. The van der Waals surface area contributed by atoms with Gasteiger partial charge in [-0.25, -0.2) is 14.4 Å². The number of benzene rings is 1. The third-order valence-corrected chi connectivity index (χ3v) is 7.44. The van der Waals surface area contributed by atoms with Gasteiger partial charge in [-0.1, -0.05) is 23.0 Å². The van der Waals surface area contributed by atoms with Crippen LogP contribution in [0.2, 0.25) is 0 Å². The molecular formula is C24H31FN5O7P. The molecule has 12 nitrogen and oxygen atoms in total. The molecule has 38 heavy (non-hydrogen) atoms. The minimum absolute atomic E-state index is 0.153. The topological polar surface area (TPSA) is 151 Å². The molecule has 0 aliphatic carbocycles. The van der Waals surface area contributed by atoms with Crippen molar-refractivity contribution in [2.45, 2.75) is 63.8 Å². The lowest BCUT2D eigenvalue weighted by molar-refractivity contribution is -0.185. The normalized spacial score (nSPS) is 25.1. The lowest BCUT2D eigenvalue weighted by atomic mass is 9.92. The van der Waals surface area contributed by atoms with Crippen LogP contribution in [0.15, 0.2) is 48.9 Å². The molecule has 1 saturated heterocycles. The molecule has 0 saturated carbocycles. The van der Waals surface area contributed by atoms with Gasteiger partial charge in [-0.15, -0.1) is 0 Å². The molecule has 3 heterocycles. The fourth-order valence-electron chi connectivity index (χ4n) is 4.08. The second-order valence-electron chi connectivity index (χ2n) is 9.31. The van der Waals surface area contributed by atoms with Gasteiger partial charge in [0.2, 0.25) is 5.95 Å². The maximum Gasteiger partial charge on any atom is 0.331 e. The number of hydroxylamine groups is 1. The average Bonchev–Trinajstić information content (AvgIpc) is 3.42. The third-order valence-electron chi connectivity index (χ3n) is 6.15. The Morgan fingerprint density at radius 3 is 2.68 bits per heavy atom. The molecule has 0 spiro atoms. The van der Waals surface area contributed by atoms with E-state index in [1.54, 1.807) is 50.2 Å². The molecule has 1 fully saturated rings. The molecule has 3 aromatic rings. The zero-order valence-electron chi connectivity index (χ0n) is 21.4. The smallest absolute Gasteiger partial charge is 0.331 e. The van der Waals surface area contributed by atoms with E-state index in [-0.39, 0.29) is 5.95 Å². The number of carbonyl (C=O) groups excluding carboxylic acids is 1. The zero-order chi connectivity index (χ0) is 27.6. The van der Waals surface area contributed by atoms with Gasteiger partial charge in [0.15, 0.2) is 6.17 Å². The highest BCUT2D eigenvalue weighted by atomic mass is 31.1. The Labute approximate surface area is 219 Å². The number of aliphatic hydroxyl groups is 1. The lowest BCUT2D eigenvalue weighted by Gasteiger charge is -2.28. The van der Waals surface area contributed by atoms with Crippen molar-refractivity contribution in [3.63, 3.8) is 0 Å². The molecule has 0 amide bonds. The summed E-state index contributed by atoms with van der Waals surface area (Å²) in [6, 6.07) is 8.79. The number of anilines is 1.